The highest BCUT2D eigenvalue weighted by Gasteiger charge is 2.28. The normalized spacial score (nSPS) is 16.8. The average Bonchev–Trinajstić information content (AvgIpc) is 3.28. The van der Waals surface area contributed by atoms with Crippen LogP contribution in [0.15, 0.2) is 36.4 Å². The summed E-state index contributed by atoms with van der Waals surface area (Å²) >= 11 is 13.8. The molecule has 0 radical (unpaired) electrons. The molecular formula is C20H18Cl2N2O2S. The Morgan fingerprint density at radius 2 is 2.15 bits per heavy atom. The number of amides is 1. The second-order valence-electron chi connectivity index (χ2n) is 6.64. The highest BCUT2D eigenvalue weighted by molar-refractivity contribution is 7.22. The molecule has 1 unspecified atom stereocenters. The lowest BCUT2D eigenvalue weighted by Crippen LogP contribution is -2.37. The summed E-state index contributed by atoms with van der Waals surface area (Å²) in [5.74, 6) is -0.192. The van der Waals surface area contributed by atoms with E-state index in [0.717, 1.165) is 35.2 Å². The zero-order chi connectivity index (χ0) is 19.0. The van der Waals surface area contributed by atoms with Gasteiger partial charge in [0.25, 0.3) is 5.91 Å². The summed E-state index contributed by atoms with van der Waals surface area (Å²) in [5.41, 5.74) is 2.46. The van der Waals surface area contributed by atoms with Gasteiger partial charge < -0.3 is 4.74 Å². The van der Waals surface area contributed by atoms with Crippen LogP contribution >= 0.6 is 34.5 Å². The van der Waals surface area contributed by atoms with Crippen molar-refractivity contribution in [3.63, 3.8) is 0 Å². The molecule has 0 spiro atoms. The van der Waals surface area contributed by atoms with Gasteiger partial charge in [-0.15, -0.1) is 0 Å². The van der Waals surface area contributed by atoms with E-state index in [1.807, 2.05) is 19.1 Å². The van der Waals surface area contributed by atoms with Crippen LogP contribution < -0.4 is 4.90 Å². The number of aryl methyl sites for hydroxylation is 1. The third-order valence-electron chi connectivity index (χ3n) is 4.58. The Morgan fingerprint density at radius 3 is 2.89 bits per heavy atom. The van der Waals surface area contributed by atoms with Gasteiger partial charge in [-0.05, 0) is 55.7 Å². The van der Waals surface area contributed by atoms with Crippen molar-refractivity contribution in [2.45, 2.75) is 25.9 Å². The minimum absolute atomic E-state index is 0.00812. The van der Waals surface area contributed by atoms with E-state index in [9.17, 15) is 4.79 Å². The number of hydrogen-bond acceptors (Lipinski definition) is 4. The van der Waals surface area contributed by atoms with Crippen molar-refractivity contribution < 1.29 is 9.53 Å². The maximum absolute atomic E-state index is 13.3. The monoisotopic (exact) mass is 420 g/mol. The van der Waals surface area contributed by atoms with E-state index in [1.54, 1.807) is 23.1 Å². The number of ether oxygens (including phenoxy) is 1. The van der Waals surface area contributed by atoms with Gasteiger partial charge in [0.2, 0.25) is 0 Å². The van der Waals surface area contributed by atoms with Gasteiger partial charge in [0.1, 0.15) is 0 Å². The van der Waals surface area contributed by atoms with E-state index in [1.165, 1.54) is 11.3 Å². The van der Waals surface area contributed by atoms with Crippen molar-refractivity contribution in [2.75, 3.05) is 18.1 Å². The maximum atomic E-state index is 13.3. The topological polar surface area (TPSA) is 42.4 Å². The number of carbonyl (C=O) groups excluding carboxylic acids is 1. The van der Waals surface area contributed by atoms with Crippen molar-refractivity contribution in [3.8, 4) is 0 Å². The summed E-state index contributed by atoms with van der Waals surface area (Å²) in [6.07, 6.45) is 1.95. The second kappa shape index (κ2) is 7.76. The molecule has 0 aliphatic carbocycles. The van der Waals surface area contributed by atoms with Crippen LogP contribution in [0.5, 0.6) is 0 Å². The number of rotatable bonds is 4. The molecule has 1 saturated heterocycles. The molecule has 140 valence electrons. The molecule has 1 aliphatic rings. The summed E-state index contributed by atoms with van der Waals surface area (Å²) in [6.45, 7) is 3.23. The second-order valence-corrected chi connectivity index (χ2v) is 8.50. The van der Waals surface area contributed by atoms with Gasteiger partial charge in [-0.2, -0.15) is 0 Å². The zero-order valence-electron chi connectivity index (χ0n) is 14.7. The van der Waals surface area contributed by atoms with Gasteiger partial charge in [-0.1, -0.05) is 40.6 Å². The van der Waals surface area contributed by atoms with Crippen molar-refractivity contribution in [2.24, 2.45) is 0 Å². The van der Waals surface area contributed by atoms with Crippen LogP contribution in [-0.2, 0) is 4.74 Å². The zero-order valence-corrected chi connectivity index (χ0v) is 17.1. The van der Waals surface area contributed by atoms with Crippen molar-refractivity contribution >= 4 is 55.8 Å². The first-order valence-corrected chi connectivity index (χ1v) is 10.3. The highest BCUT2D eigenvalue weighted by Crippen LogP contribution is 2.32. The van der Waals surface area contributed by atoms with Crippen LogP contribution in [0.25, 0.3) is 10.2 Å². The molecule has 0 saturated carbocycles. The Kier molecular flexibility index (Phi) is 5.37. The third kappa shape index (κ3) is 3.97. The quantitative estimate of drug-likeness (QED) is 0.540. The fourth-order valence-electron chi connectivity index (χ4n) is 3.18. The van der Waals surface area contributed by atoms with Crippen LogP contribution in [0.3, 0.4) is 0 Å². The lowest BCUT2D eigenvalue weighted by atomic mass is 10.1. The predicted octanol–water partition coefficient (Wildman–Crippen LogP) is 5.74. The largest absolute Gasteiger partial charge is 0.376 e. The molecular weight excluding hydrogens is 403 g/mol. The van der Waals surface area contributed by atoms with Crippen molar-refractivity contribution in [3.05, 3.63) is 57.6 Å². The number of thiazole rings is 1. The lowest BCUT2D eigenvalue weighted by Gasteiger charge is -2.23. The minimum Gasteiger partial charge on any atom is -0.376 e. The SMILES string of the molecule is Cc1ccc2nc(N(CC3CCCO3)C(=O)c3ccc(Cl)cc3Cl)sc2c1. The molecule has 1 aromatic heterocycles. The summed E-state index contributed by atoms with van der Waals surface area (Å²) in [7, 11) is 0. The number of hydrogen-bond donors (Lipinski definition) is 0. The maximum Gasteiger partial charge on any atom is 0.261 e. The Bertz CT molecular complexity index is 999. The van der Waals surface area contributed by atoms with Crippen LogP contribution in [-0.4, -0.2) is 30.1 Å². The fourth-order valence-corrected chi connectivity index (χ4v) is 4.74. The number of halogens is 2. The van der Waals surface area contributed by atoms with Gasteiger partial charge >= 0.3 is 0 Å². The van der Waals surface area contributed by atoms with Crippen molar-refractivity contribution in [1.82, 2.24) is 4.98 Å². The van der Waals surface area contributed by atoms with E-state index in [4.69, 9.17) is 27.9 Å². The Hall–Kier alpha value is -1.66. The fraction of sp³-hybridized carbons (Fsp3) is 0.300. The van der Waals surface area contributed by atoms with E-state index in [0.29, 0.717) is 27.3 Å². The summed E-state index contributed by atoms with van der Waals surface area (Å²) in [5, 5.41) is 1.49. The molecule has 2 heterocycles. The molecule has 7 heteroatoms. The first-order valence-electron chi connectivity index (χ1n) is 8.77. The number of anilines is 1. The van der Waals surface area contributed by atoms with Crippen LogP contribution in [0.1, 0.15) is 28.8 Å². The van der Waals surface area contributed by atoms with Crippen LogP contribution in [0.2, 0.25) is 10.0 Å². The summed E-state index contributed by atoms with van der Waals surface area (Å²) in [6, 6.07) is 11.0. The highest BCUT2D eigenvalue weighted by atomic mass is 35.5. The number of aromatic nitrogens is 1. The van der Waals surface area contributed by atoms with Gasteiger partial charge in [0.15, 0.2) is 5.13 Å². The number of fused-ring (bicyclic) bond motifs is 1. The lowest BCUT2D eigenvalue weighted by molar-refractivity contribution is 0.0917. The molecule has 1 atom stereocenters. The number of benzene rings is 2. The molecule has 27 heavy (non-hydrogen) atoms. The molecule has 4 nitrogen and oxygen atoms in total. The first kappa shape index (κ1) is 18.7. The van der Waals surface area contributed by atoms with E-state index in [-0.39, 0.29) is 12.0 Å². The van der Waals surface area contributed by atoms with E-state index >= 15 is 0 Å². The smallest absolute Gasteiger partial charge is 0.261 e. The van der Waals surface area contributed by atoms with Crippen LogP contribution in [0, 0.1) is 6.92 Å². The Labute approximate surface area is 171 Å². The molecule has 0 bridgehead atoms. The molecule has 4 rings (SSSR count). The average molecular weight is 421 g/mol. The van der Waals surface area contributed by atoms with Gasteiger partial charge in [-0.25, -0.2) is 4.98 Å². The predicted molar refractivity (Wildman–Crippen MR) is 111 cm³/mol. The standard InChI is InChI=1S/C20H18Cl2N2O2S/c1-12-4-7-17-18(9-12)27-20(23-17)24(11-14-3-2-8-26-14)19(25)15-6-5-13(21)10-16(15)22/h4-7,9-10,14H,2-3,8,11H2,1H3. The van der Waals surface area contributed by atoms with Crippen LogP contribution in [0.4, 0.5) is 5.13 Å². The van der Waals surface area contributed by atoms with Gasteiger partial charge in [0.05, 0.1) is 33.5 Å². The summed E-state index contributed by atoms with van der Waals surface area (Å²) < 4.78 is 6.82. The molecule has 1 amide bonds. The summed E-state index contributed by atoms with van der Waals surface area (Å²) in [4.78, 5) is 19.7. The Balaban J connectivity index is 1.73. The number of carbonyl (C=O) groups is 1. The molecule has 1 aliphatic heterocycles. The van der Waals surface area contributed by atoms with Crippen molar-refractivity contribution in [1.29, 1.82) is 0 Å². The molecule has 1 fully saturated rings. The van der Waals surface area contributed by atoms with Gasteiger partial charge in [-0.3, -0.25) is 9.69 Å². The van der Waals surface area contributed by atoms with E-state index in [2.05, 4.69) is 11.1 Å². The molecule has 3 aromatic rings. The third-order valence-corrected chi connectivity index (χ3v) is 6.17. The van der Waals surface area contributed by atoms with E-state index < -0.39 is 0 Å². The molecule has 2 aromatic carbocycles. The van der Waals surface area contributed by atoms with Gasteiger partial charge in [0, 0.05) is 11.6 Å². The minimum atomic E-state index is -0.192. The molecule has 0 N–H and O–H groups in total. The first-order chi connectivity index (χ1) is 13.0. The number of nitrogens with zero attached hydrogens (tertiary/aromatic N) is 2. The Morgan fingerprint density at radius 1 is 1.30 bits per heavy atom.